The van der Waals surface area contributed by atoms with E-state index in [1.165, 1.54) is 16.4 Å². The molecule has 0 bridgehead atoms. The number of carbonyl (C=O) groups excluding carboxylic acids is 1. The van der Waals surface area contributed by atoms with Crippen LogP contribution in [0.3, 0.4) is 0 Å². The molecule has 22 heavy (non-hydrogen) atoms. The summed E-state index contributed by atoms with van der Waals surface area (Å²) >= 11 is 3.67. The third-order valence-corrected chi connectivity index (χ3v) is 6.94. The van der Waals surface area contributed by atoms with Gasteiger partial charge in [-0.2, -0.15) is 11.8 Å². The summed E-state index contributed by atoms with van der Waals surface area (Å²) < 4.78 is 39.5. The van der Waals surface area contributed by atoms with E-state index in [-0.39, 0.29) is 17.9 Å². The molecule has 1 aliphatic heterocycles. The maximum atomic E-state index is 13.2. The maximum absolute atomic E-state index is 13.2. The molecule has 9 heteroatoms. The van der Waals surface area contributed by atoms with Crippen molar-refractivity contribution in [1.82, 2.24) is 9.62 Å². The molecule has 1 N–H and O–H groups in total. The van der Waals surface area contributed by atoms with Gasteiger partial charge >= 0.3 is 0 Å². The van der Waals surface area contributed by atoms with Crippen LogP contribution >= 0.6 is 34.4 Å². The first-order valence-corrected chi connectivity index (χ1v) is 10.5. The van der Waals surface area contributed by atoms with Gasteiger partial charge in [0.2, 0.25) is 10.0 Å². The molecule has 1 aromatic rings. The highest BCUT2D eigenvalue weighted by molar-refractivity contribution is 14.1. The number of thioether (sulfide) groups is 1. The molecule has 0 radical (unpaired) electrons. The fourth-order valence-electron chi connectivity index (χ4n) is 2.01. The van der Waals surface area contributed by atoms with Gasteiger partial charge in [0.1, 0.15) is 5.82 Å². The number of benzene rings is 1. The van der Waals surface area contributed by atoms with Crippen LogP contribution in [-0.4, -0.2) is 55.5 Å². The molecule has 1 fully saturated rings. The molecule has 0 unspecified atom stereocenters. The molecule has 0 aliphatic carbocycles. The lowest BCUT2D eigenvalue weighted by Gasteiger charge is -2.25. The van der Waals surface area contributed by atoms with Gasteiger partial charge in [-0.1, -0.05) is 0 Å². The highest BCUT2D eigenvalue weighted by atomic mass is 127. The number of nitrogens with zero attached hydrogens (tertiary/aromatic N) is 1. The average Bonchev–Trinajstić information content (AvgIpc) is 2.50. The minimum Gasteiger partial charge on any atom is -0.351 e. The molecule has 2 rings (SSSR count). The molecule has 1 heterocycles. The van der Waals surface area contributed by atoms with Crippen molar-refractivity contribution in [3.63, 3.8) is 0 Å². The van der Waals surface area contributed by atoms with Crippen LogP contribution in [0.5, 0.6) is 0 Å². The average molecular weight is 458 g/mol. The summed E-state index contributed by atoms with van der Waals surface area (Å²) in [6.07, 6.45) is 0. The van der Waals surface area contributed by atoms with Crippen molar-refractivity contribution in [3.05, 3.63) is 33.1 Å². The monoisotopic (exact) mass is 458 g/mol. The van der Waals surface area contributed by atoms with E-state index >= 15 is 0 Å². The first-order chi connectivity index (χ1) is 10.4. The third kappa shape index (κ3) is 4.80. The largest absolute Gasteiger partial charge is 0.351 e. The molecule has 1 aromatic carbocycles. The van der Waals surface area contributed by atoms with Crippen molar-refractivity contribution in [2.24, 2.45) is 0 Å². The predicted octanol–water partition coefficient (Wildman–Crippen LogP) is 1.54. The summed E-state index contributed by atoms with van der Waals surface area (Å²) in [4.78, 5) is 12.0. The van der Waals surface area contributed by atoms with Crippen molar-refractivity contribution in [2.45, 2.75) is 0 Å². The normalized spacial score (nSPS) is 16.5. The number of nitrogens with one attached hydrogen (secondary N) is 1. The zero-order chi connectivity index (χ0) is 16.2. The van der Waals surface area contributed by atoms with E-state index in [1.807, 2.05) is 22.6 Å². The van der Waals surface area contributed by atoms with Crippen LogP contribution in [0.15, 0.2) is 18.2 Å². The predicted molar refractivity (Wildman–Crippen MR) is 94.1 cm³/mol. The van der Waals surface area contributed by atoms with Crippen molar-refractivity contribution < 1.29 is 17.6 Å². The SMILES string of the molecule is O=C(NCCS(=O)(=O)N1CCSCC1)c1cc(F)ccc1I. The number of hydrogen-bond acceptors (Lipinski definition) is 4. The second-order valence-electron chi connectivity index (χ2n) is 4.71. The van der Waals surface area contributed by atoms with E-state index in [9.17, 15) is 17.6 Å². The van der Waals surface area contributed by atoms with E-state index in [0.29, 0.717) is 16.7 Å². The van der Waals surface area contributed by atoms with Gasteiger partial charge in [-0.05, 0) is 40.8 Å². The molecular formula is C13H16FIN2O3S2. The number of hydrogen-bond donors (Lipinski definition) is 1. The minimum absolute atomic E-state index is 0.0113. The fraction of sp³-hybridized carbons (Fsp3) is 0.462. The standard InChI is InChI=1S/C13H16FIN2O3S2/c14-10-1-2-12(15)11(9-10)13(18)16-3-8-22(19,20)17-4-6-21-7-5-17/h1-2,9H,3-8H2,(H,16,18). The summed E-state index contributed by atoms with van der Waals surface area (Å²) in [7, 11) is -3.35. The Balaban J connectivity index is 1.90. The number of carbonyl (C=O) groups is 1. The Morgan fingerprint density at radius 2 is 2.05 bits per heavy atom. The van der Waals surface area contributed by atoms with Gasteiger partial charge < -0.3 is 5.32 Å². The fourth-order valence-corrected chi connectivity index (χ4v) is 5.09. The quantitative estimate of drug-likeness (QED) is 0.681. The van der Waals surface area contributed by atoms with Crippen molar-refractivity contribution in [3.8, 4) is 0 Å². The van der Waals surface area contributed by atoms with Crippen LogP contribution in [0.25, 0.3) is 0 Å². The topological polar surface area (TPSA) is 66.5 Å². The number of halogens is 2. The minimum atomic E-state index is -3.35. The Labute approximate surface area is 147 Å². The zero-order valence-corrected chi connectivity index (χ0v) is 15.5. The van der Waals surface area contributed by atoms with Crippen LogP contribution in [0.2, 0.25) is 0 Å². The highest BCUT2D eigenvalue weighted by Crippen LogP contribution is 2.14. The van der Waals surface area contributed by atoms with Gasteiger partial charge in [-0.3, -0.25) is 4.79 Å². The van der Waals surface area contributed by atoms with Crippen LogP contribution in [0, 0.1) is 9.39 Å². The Kier molecular flexibility index (Phi) is 6.47. The van der Waals surface area contributed by atoms with Gasteiger partial charge in [0.25, 0.3) is 5.91 Å². The van der Waals surface area contributed by atoms with Crippen LogP contribution in [0.1, 0.15) is 10.4 Å². The van der Waals surface area contributed by atoms with Crippen molar-refractivity contribution >= 4 is 50.3 Å². The van der Waals surface area contributed by atoms with E-state index in [0.717, 1.165) is 17.6 Å². The molecule has 0 atom stereocenters. The molecule has 0 spiro atoms. The first kappa shape index (κ1) is 18.0. The van der Waals surface area contributed by atoms with E-state index < -0.39 is 21.7 Å². The van der Waals surface area contributed by atoms with Crippen molar-refractivity contribution in [2.75, 3.05) is 36.9 Å². The summed E-state index contributed by atoms with van der Waals surface area (Å²) in [5.41, 5.74) is 0.215. The van der Waals surface area contributed by atoms with Crippen LogP contribution in [0.4, 0.5) is 4.39 Å². The van der Waals surface area contributed by atoms with Crippen LogP contribution in [-0.2, 0) is 10.0 Å². The summed E-state index contributed by atoms with van der Waals surface area (Å²) in [5.74, 6) is 0.493. The third-order valence-electron chi connectivity index (χ3n) is 3.18. The number of amides is 1. The van der Waals surface area contributed by atoms with E-state index in [2.05, 4.69) is 5.32 Å². The summed E-state index contributed by atoms with van der Waals surface area (Å²) in [5, 5.41) is 2.54. The molecule has 5 nitrogen and oxygen atoms in total. The zero-order valence-electron chi connectivity index (χ0n) is 11.7. The Hall–Kier alpha value is -0.390. The smallest absolute Gasteiger partial charge is 0.252 e. The lowest BCUT2D eigenvalue weighted by molar-refractivity contribution is 0.0954. The second-order valence-corrected chi connectivity index (χ2v) is 9.18. The molecule has 1 amide bonds. The molecular weight excluding hydrogens is 442 g/mol. The summed E-state index contributed by atoms with van der Waals surface area (Å²) in [6, 6.07) is 3.93. The van der Waals surface area contributed by atoms with Gasteiger partial charge in [-0.25, -0.2) is 17.1 Å². The Morgan fingerprint density at radius 3 is 2.73 bits per heavy atom. The van der Waals surface area contributed by atoms with Gasteiger partial charge in [-0.15, -0.1) is 0 Å². The second kappa shape index (κ2) is 7.93. The number of rotatable bonds is 5. The molecule has 0 aromatic heterocycles. The molecule has 1 saturated heterocycles. The first-order valence-electron chi connectivity index (χ1n) is 6.69. The van der Waals surface area contributed by atoms with E-state index in [1.54, 1.807) is 11.8 Å². The van der Waals surface area contributed by atoms with Gasteiger partial charge in [0.05, 0.1) is 11.3 Å². The van der Waals surface area contributed by atoms with Crippen molar-refractivity contribution in [1.29, 1.82) is 0 Å². The number of sulfonamides is 1. The van der Waals surface area contributed by atoms with E-state index in [4.69, 9.17) is 0 Å². The molecule has 0 saturated carbocycles. The highest BCUT2D eigenvalue weighted by Gasteiger charge is 2.24. The summed E-state index contributed by atoms with van der Waals surface area (Å²) in [6.45, 7) is 1.04. The Bertz CT molecular complexity index is 649. The van der Waals surface area contributed by atoms with Gasteiger partial charge in [0, 0.05) is 34.7 Å². The lowest BCUT2D eigenvalue weighted by atomic mass is 10.2. The van der Waals surface area contributed by atoms with Crippen LogP contribution < -0.4 is 5.32 Å². The molecule has 1 aliphatic rings. The molecule has 122 valence electrons. The van der Waals surface area contributed by atoms with Gasteiger partial charge in [0.15, 0.2) is 0 Å². The lowest BCUT2D eigenvalue weighted by Crippen LogP contribution is -2.42. The Morgan fingerprint density at radius 1 is 1.36 bits per heavy atom. The maximum Gasteiger partial charge on any atom is 0.252 e.